The number of anilines is 1. The zero-order valence-electron chi connectivity index (χ0n) is 18.0. The van der Waals surface area contributed by atoms with E-state index in [1.807, 2.05) is 48.8 Å². The predicted molar refractivity (Wildman–Crippen MR) is 125 cm³/mol. The third-order valence-electron chi connectivity index (χ3n) is 4.87. The van der Waals surface area contributed by atoms with E-state index in [0.717, 1.165) is 5.56 Å². The lowest BCUT2D eigenvalue weighted by molar-refractivity contribution is -0.116. The van der Waals surface area contributed by atoms with Gasteiger partial charge in [0.25, 0.3) is 0 Å². The summed E-state index contributed by atoms with van der Waals surface area (Å²) in [6, 6.07) is 17.6. The SMILES string of the molecule is COC(=O)c1ccc(NC(=O)Cn2nc(-c3ccccc3OC)n(-n3cccc3)c2=S)cc1. The van der Waals surface area contributed by atoms with Gasteiger partial charge >= 0.3 is 5.97 Å². The molecule has 0 aliphatic rings. The fourth-order valence-corrected chi connectivity index (χ4v) is 3.60. The zero-order chi connectivity index (χ0) is 23.4. The second kappa shape index (κ2) is 9.53. The van der Waals surface area contributed by atoms with E-state index in [-0.39, 0.29) is 12.5 Å². The number of para-hydroxylation sites is 1. The Balaban J connectivity index is 1.64. The summed E-state index contributed by atoms with van der Waals surface area (Å²) in [5.74, 6) is 0.399. The molecule has 0 atom stereocenters. The molecule has 0 aliphatic heterocycles. The molecule has 2 aromatic heterocycles. The summed E-state index contributed by atoms with van der Waals surface area (Å²) in [5.41, 5.74) is 1.66. The summed E-state index contributed by atoms with van der Waals surface area (Å²) in [6.07, 6.45) is 3.67. The third kappa shape index (κ3) is 4.55. The van der Waals surface area contributed by atoms with Crippen molar-refractivity contribution in [3.63, 3.8) is 0 Å². The van der Waals surface area contributed by atoms with Gasteiger partial charge in [0, 0.05) is 18.1 Å². The van der Waals surface area contributed by atoms with E-state index in [1.54, 1.807) is 40.7 Å². The van der Waals surface area contributed by atoms with Gasteiger partial charge in [0.2, 0.25) is 10.7 Å². The molecule has 4 aromatic rings. The molecule has 2 aromatic carbocycles. The Morgan fingerprint density at radius 2 is 1.70 bits per heavy atom. The van der Waals surface area contributed by atoms with E-state index >= 15 is 0 Å². The van der Waals surface area contributed by atoms with Crippen molar-refractivity contribution in [1.82, 2.24) is 19.1 Å². The van der Waals surface area contributed by atoms with Gasteiger partial charge in [-0.25, -0.2) is 14.2 Å². The van der Waals surface area contributed by atoms with Crippen molar-refractivity contribution in [2.75, 3.05) is 19.5 Å². The fourth-order valence-electron chi connectivity index (χ4n) is 3.31. The molecule has 1 N–H and O–H groups in total. The first-order chi connectivity index (χ1) is 16.0. The van der Waals surface area contributed by atoms with E-state index in [9.17, 15) is 9.59 Å². The average Bonchev–Trinajstić information content (AvgIpc) is 3.47. The van der Waals surface area contributed by atoms with Crippen molar-refractivity contribution in [1.29, 1.82) is 0 Å². The molecule has 168 valence electrons. The number of hydrogen-bond donors (Lipinski definition) is 1. The fraction of sp³-hybridized carbons (Fsp3) is 0.130. The minimum Gasteiger partial charge on any atom is -0.496 e. The van der Waals surface area contributed by atoms with Gasteiger partial charge in [0.05, 0.1) is 25.3 Å². The van der Waals surface area contributed by atoms with Gasteiger partial charge in [0.1, 0.15) is 12.3 Å². The molecule has 33 heavy (non-hydrogen) atoms. The van der Waals surface area contributed by atoms with Gasteiger partial charge in [0.15, 0.2) is 5.82 Å². The van der Waals surface area contributed by atoms with Crippen molar-refractivity contribution >= 4 is 29.8 Å². The maximum Gasteiger partial charge on any atom is 0.337 e. The number of nitrogens with zero attached hydrogens (tertiary/aromatic N) is 4. The van der Waals surface area contributed by atoms with Crippen molar-refractivity contribution < 1.29 is 19.1 Å². The minimum absolute atomic E-state index is 0.103. The highest BCUT2D eigenvalue weighted by atomic mass is 32.1. The molecule has 0 unspecified atom stereocenters. The van der Waals surface area contributed by atoms with Crippen molar-refractivity contribution in [2.24, 2.45) is 0 Å². The van der Waals surface area contributed by atoms with E-state index < -0.39 is 5.97 Å². The Morgan fingerprint density at radius 1 is 1.00 bits per heavy atom. The molecule has 2 heterocycles. The van der Waals surface area contributed by atoms with Crippen LogP contribution < -0.4 is 10.1 Å². The minimum atomic E-state index is -0.446. The van der Waals surface area contributed by atoms with Gasteiger partial charge < -0.3 is 14.8 Å². The lowest BCUT2D eigenvalue weighted by Gasteiger charge is -2.10. The predicted octanol–water partition coefficient (Wildman–Crippen LogP) is 3.63. The Kier molecular flexibility index (Phi) is 6.36. The highest BCUT2D eigenvalue weighted by Crippen LogP contribution is 2.29. The topological polar surface area (TPSA) is 92.3 Å². The number of amides is 1. The number of carbonyl (C=O) groups excluding carboxylic acids is 2. The van der Waals surface area contributed by atoms with Crippen LogP contribution in [0.4, 0.5) is 5.69 Å². The molecule has 0 aliphatic carbocycles. The Bertz CT molecular complexity index is 1340. The first-order valence-corrected chi connectivity index (χ1v) is 10.4. The number of hydrogen-bond acceptors (Lipinski definition) is 6. The Labute approximate surface area is 194 Å². The van der Waals surface area contributed by atoms with Gasteiger partial charge in [-0.05, 0) is 60.7 Å². The number of methoxy groups -OCH3 is 2. The quantitative estimate of drug-likeness (QED) is 0.332. The molecular formula is C23H21N5O4S. The number of nitrogens with one attached hydrogen (secondary N) is 1. The molecule has 0 saturated carbocycles. The van der Waals surface area contributed by atoms with Crippen LogP contribution in [0.25, 0.3) is 11.4 Å². The molecule has 4 rings (SSSR count). The second-order valence-corrected chi connectivity index (χ2v) is 7.32. The van der Waals surface area contributed by atoms with Crippen LogP contribution in [0.1, 0.15) is 10.4 Å². The molecule has 0 saturated heterocycles. The van der Waals surface area contributed by atoms with Crippen LogP contribution in [0.3, 0.4) is 0 Å². The molecule has 1 amide bonds. The monoisotopic (exact) mass is 463 g/mol. The molecule has 0 fully saturated rings. The largest absolute Gasteiger partial charge is 0.496 e. The van der Waals surface area contributed by atoms with Gasteiger partial charge in [-0.1, -0.05) is 12.1 Å². The number of esters is 1. The second-order valence-electron chi connectivity index (χ2n) is 6.96. The normalized spacial score (nSPS) is 10.6. The molecule has 0 bridgehead atoms. The lowest BCUT2D eigenvalue weighted by Crippen LogP contribution is -2.20. The highest BCUT2D eigenvalue weighted by molar-refractivity contribution is 7.71. The Morgan fingerprint density at radius 3 is 2.36 bits per heavy atom. The van der Waals surface area contributed by atoms with Crippen LogP contribution in [0.2, 0.25) is 0 Å². The van der Waals surface area contributed by atoms with Gasteiger partial charge in [-0.3, -0.25) is 9.47 Å². The van der Waals surface area contributed by atoms with E-state index in [0.29, 0.717) is 27.6 Å². The maximum absolute atomic E-state index is 12.7. The first-order valence-electron chi connectivity index (χ1n) is 9.97. The molecule has 10 heteroatoms. The van der Waals surface area contributed by atoms with E-state index in [2.05, 4.69) is 15.2 Å². The zero-order valence-corrected chi connectivity index (χ0v) is 18.8. The van der Waals surface area contributed by atoms with Crippen LogP contribution in [0, 0.1) is 4.77 Å². The standard InChI is InChI=1S/C23H21N5O4S/c1-31-19-8-4-3-7-18(19)21-25-27(23(33)28(21)26-13-5-6-14-26)15-20(29)24-17-11-9-16(10-12-17)22(30)32-2/h3-14H,15H2,1-2H3,(H,24,29). The summed E-state index contributed by atoms with van der Waals surface area (Å²) in [4.78, 5) is 24.3. The number of ether oxygens (including phenoxy) is 2. The van der Waals surface area contributed by atoms with Crippen LogP contribution >= 0.6 is 12.2 Å². The number of carbonyl (C=O) groups is 2. The van der Waals surface area contributed by atoms with Crippen molar-refractivity contribution in [2.45, 2.75) is 6.54 Å². The van der Waals surface area contributed by atoms with Crippen molar-refractivity contribution in [3.05, 3.63) is 83.4 Å². The first kappa shape index (κ1) is 22.0. The summed E-state index contributed by atoms with van der Waals surface area (Å²) in [7, 11) is 2.90. The highest BCUT2D eigenvalue weighted by Gasteiger charge is 2.19. The Hall–Kier alpha value is -4.18. The van der Waals surface area contributed by atoms with Crippen LogP contribution in [-0.2, 0) is 16.1 Å². The average molecular weight is 464 g/mol. The molecule has 0 radical (unpaired) electrons. The van der Waals surface area contributed by atoms with Gasteiger partial charge in [-0.15, -0.1) is 5.10 Å². The summed E-state index contributed by atoms with van der Waals surface area (Å²) in [5, 5.41) is 7.42. The van der Waals surface area contributed by atoms with Gasteiger partial charge in [-0.2, -0.15) is 0 Å². The molecule has 9 nitrogen and oxygen atoms in total. The van der Waals surface area contributed by atoms with Crippen LogP contribution in [-0.4, -0.2) is 45.2 Å². The van der Waals surface area contributed by atoms with E-state index in [1.165, 1.54) is 11.8 Å². The van der Waals surface area contributed by atoms with E-state index in [4.69, 9.17) is 17.0 Å². The maximum atomic E-state index is 12.7. The lowest BCUT2D eigenvalue weighted by atomic mass is 10.2. The molecular weight excluding hydrogens is 442 g/mol. The third-order valence-corrected chi connectivity index (χ3v) is 5.25. The summed E-state index contributed by atoms with van der Waals surface area (Å²) >= 11 is 5.65. The van der Waals surface area contributed by atoms with Crippen LogP contribution in [0.5, 0.6) is 5.75 Å². The number of rotatable bonds is 7. The summed E-state index contributed by atoms with van der Waals surface area (Å²) < 4.78 is 15.5. The number of benzene rings is 2. The van der Waals surface area contributed by atoms with Crippen molar-refractivity contribution in [3.8, 4) is 17.1 Å². The number of aromatic nitrogens is 4. The summed E-state index contributed by atoms with van der Waals surface area (Å²) in [6.45, 7) is -0.103. The molecule has 0 spiro atoms. The smallest absolute Gasteiger partial charge is 0.337 e. The van der Waals surface area contributed by atoms with Crippen LogP contribution in [0.15, 0.2) is 73.1 Å².